The molecule has 4 heteroatoms. The molecule has 0 spiro atoms. The third kappa shape index (κ3) is 7.68. The van der Waals surface area contributed by atoms with Gasteiger partial charge in [0.15, 0.2) is 0 Å². The van der Waals surface area contributed by atoms with Crippen molar-refractivity contribution in [2.75, 3.05) is 0 Å². The Balaban J connectivity index is -0.000000482. The summed E-state index contributed by atoms with van der Waals surface area (Å²) in [6.45, 7) is 11.8. The Bertz CT molecular complexity index is 487. The molecule has 0 aliphatic carbocycles. The SMILES string of the molecule is C.CC([NH-])=O.Cc1c(C)c(C)c(C=C[C-]=O)c(C)c1C.[Y]. The van der Waals surface area contributed by atoms with Gasteiger partial charge < -0.3 is 15.3 Å². The van der Waals surface area contributed by atoms with Gasteiger partial charge in [0.25, 0.3) is 0 Å². The Morgan fingerprint density at radius 1 is 0.952 bits per heavy atom. The van der Waals surface area contributed by atoms with Gasteiger partial charge in [0.1, 0.15) is 0 Å². The van der Waals surface area contributed by atoms with Gasteiger partial charge in [-0.3, -0.25) is 0 Å². The molecule has 0 fully saturated rings. The van der Waals surface area contributed by atoms with Crippen LogP contribution in [0.1, 0.15) is 47.7 Å². The zero-order valence-electron chi connectivity index (χ0n) is 13.0. The van der Waals surface area contributed by atoms with Gasteiger partial charge in [0.2, 0.25) is 0 Å². The van der Waals surface area contributed by atoms with Crippen LogP contribution in [0.15, 0.2) is 6.08 Å². The van der Waals surface area contributed by atoms with E-state index in [4.69, 9.17) is 10.5 Å². The van der Waals surface area contributed by atoms with Crippen molar-refractivity contribution in [2.45, 2.75) is 49.0 Å². The first-order valence-corrected chi connectivity index (χ1v) is 6.07. The van der Waals surface area contributed by atoms with Crippen molar-refractivity contribution in [3.63, 3.8) is 0 Å². The summed E-state index contributed by atoms with van der Waals surface area (Å²) in [6, 6.07) is 0. The monoisotopic (exact) mass is 364 g/mol. The van der Waals surface area contributed by atoms with Crippen LogP contribution in [0.4, 0.5) is 0 Å². The van der Waals surface area contributed by atoms with Crippen molar-refractivity contribution < 1.29 is 42.3 Å². The molecular formula is C17H25NO2Y-2. The Kier molecular flexibility index (Phi) is 14.2. The second kappa shape index (κ2) is 11.8. The van der Waals surface area contributed by atoms with E-state index in [0.717, 1.165) is 5.56 Å². The van der Waals surface area contributed by atoms with E-state index in [0.29, 0.717) is 0 Å². The van der Waals surface area contributed by atoms with E-state index in [-0.39, 0.29) is 40.1 Å². The van der Waals surface area contributed by atoms with Gasteiger partial charge >= 0.3 is 0 Å². The van der Waals surface area contributed by atoms with Gasteiger partial charge in [-0.05, 0) is 64.5 Å². The minimum Gasteiger partial charge on any atom is -0.668 e. The molecule has 0 saturated carbocycles. The molecule has 1 N–H and O–H groups in total. The molecular weight excluding hydrogens is 339 g/mol. The van der Waals surface area contributed by atoms with Crippen LogP contribution in [0, 0.1) is 34.6 Å². The molecule has 115 valence electrons. The van der Waals surface area contributed by atoms with Gasteiger partial charge in [-0.15, -0.1) is 5.56 Å². The second-order valence-electron chi connectivity index (χ2n) is 4.55. The van der Waals surface area contributed by atoms with E-state index in [9.17, 15) is 4.79 Å². The summed E-state index contributed by atoms with van der Waals surface area (Å²) in [7, 11) is 0. The zero-order valence-corrected chi connectivity index (χ0v) is 15.9. The van der Waals surface area contributed by atoms with Crippen molar-refractivity contribution in [1.82, 2.24) is 0 Å². The van der Waals surface area contributed by atoms with Crippen LogP contribution in [0.25, 0.3) is 11.8 Å². The van der Waals surface area contributed by atoms with Crippen molar-refractivity contribution in [1.29, 1.82) is 0 Å². The maximum absolute atomic E-state index is 10.2. The van der Waals surface area contributed by atoms with Crippen LogP contribution in [0.5, 0.6) is 0 Å². The van der Waals surface area contributed by atoms with Crippen LogP contribution in [-0.2, 0) is 42.3 Å². The Hall–Kier alpha value is -0.796. The first-order valence-electron chi connectivity index (χ1n) is 6.07. The van der Waals surface area contributed by atoms with E-state index in [1.807, 2.05) is 6.08 Å². The molecule has 1 amide bonds. The summed E-state index contributed by atoms with van der Waals surface area (Å²) < 4.78 is 0. The molecule has 0 saturated heterocycles. The van der Waals surface area contributed by atoms with Crippen LogP contribution >= 0.6 is 0 Å². The molecule has 1 radical (unpaired) electrons. The summed E-state index contributed by atoms with van der Waals surface area (Å²) in [5, 5.41) is 0. The molecule has 0 aliphatic heterocycles. The number of benzene rings is 1. The molecule has 1 aromatic rings. The smallest absolute Gasteiger partial charge is 0.0456 e. The fourth-order valence-electron chi connectivity index (χ4n) is 1.90. The summed E-state index contributed by atoms with van der Waals surface area (Å²) in [4.78, 5) is 19.3. The summed E-state index contributed by atoms with van der Waals surface area (Å²) in [5.74, 6) is -0.583. The molecule has 0 unspecified atom stereocenters. The molecule has 1 aromatic carbocycles. The van der Waals surface area contributed by atoms with Crippen LogP contribution in [0.3, 0.4) is 0 Å². The number of nitrogens with one attached hydrogen (secondary N) is 1. The van der Waals surface area contributed by atoms with Crippen LogP contribution in [0.2, 0.25) is 0 Å². The fourth-order valence-corrected chi connectivity index (χ4v) is 1.90. The predicted octanol–water partition coefficient (Wildman–Crippen LogP) is 4.57. The number of allylic oxidation sites excluding steroid dienone is 1. The summed E-state index contributed by atoms with van der Waals surface area (Å²) >= 11 is 0. The first-order chi connectivity index (χ1) is 8.73. The standard InChI is InChI=1S/C14H17O.C2H5NO.CH4.Y/c1-9-10(2)12(4)14(7-6-8-15)13(5)11(9)3;1-2(3)4;;/h6-7H,1-5H3;1H3,(H2,3,4);1H4;/q-1;;;/p-1. The van der Waals surface area contributed by atoms with Gasteiger partial charge in [-0.1, -0.05) is 18.6 Å². The molecule has 0 aliphatic rings. The van der Waals surface area contributed by atoms with Crippen molar-refractivity contribution in [2.24, 2.45) is 0 Å². The summed E-state index contributed by atoms with van der Waals surface area (Å²) in [5.41, 5.74) is 13.6. The average molecular weight is 364 g/mol. The van der Waals surface area contributed by atoms with Gasteiger partial charge in [0, 0.05) is 38.6 Å². The van der Waals surface area contributed by atoms with Crippen molar-refractivity contribution in [3.8, 4) is 0 Å². The minimum atomic E-state index is -0.583. The van der Waals surface area contributed by atoms with Crippen LogP contribution in [-0.4, -0.2) is 12.2 Å². The average Bonchev–Trinajstić information content (AvgIpc) is 2.33. The molecule has 3 nitrogen and oxygen atoms in total. The fraction of sp³-hybridized carbons (Fsp3) is 0.412. The van der Waals surface area contributed by atoms with Gasteiger partial charge in [-0.2, -0.15) is 12.2 Å². The second-order valence-corrected chi connectivity index (χ2v) is 4.55. The third-order valence-electron chi connectivity index (χ3n) is 3.38. The van der Waals surface area contributed by atoms with E-state index >= 15 is 0 Å². The number of carbonyl (C=O) groups is 1. The number of hydrogen-bond donors (Lipinski definition) is 0. The van der Waals surface area contributed by atoms with Gasteiger partial charge in [0.05, 0.1) is 0 Å². The zero-order chi connectivity index (χ0) is 15.2. The molecule has 0 aromatic heterocycles. The molecule has 0 atom stereocenters. The maximum Gasteiger partial charge on any atom is 0.0456 e. The van der Waals surface area contributed by atoms with E-state index in [1.54, 1.807) is 6.29 Å². The normalized spacial score (nSPS) is 9.05. The van der Waals surface area contributed by atoms with E-state index < -0.39 is 5.91 Å². The van der Waals surface area contributed by atoms with Crippen molar-refractivity contribution >= 4 is 18.3 Å². The summed E-state index contributed by atoms with van der Waals surface area (Å²) in [6.07, 6.45) is 5.07. The van der Waals surface area contributed by atoms with E-state index in [1.165, 1.54) is 40.8 Å². The van der Waals surface area contributed by atoms with Gasteiger partial charge in [-0.25, -0.2) is 0 Å². The topological polar surface area (TPSA) is 57.9 Å². The molecule has 0 heterocycles. The first kappa shape index (κ1) is 25.2. The Morgan fingerprint density at radius 3 is 1.52 bits per heavy atom. The maximum atomic E-state index is 10.2. The van der Waals surface area contributed by atoms with Crippen molar-refractivity contribution in [3.05, 3.63) is 45.2 Å². The minimum absolute atomic E-state index is 0. The molecule has 0 bridgehead atoms. The quantitative estimate of drug-likeness (QED) is 0.570. The number of hydrogen-bond acceptors (Lipinski definition) is 2. The largest absolute Gasteiger partial charge is 0.668 e. The molecule has 21 heavy (non-hydrogen) atoms. The van der Waals surface area contributed by atoms with E-state index in [2.05, 4.69) is 34.6 Å². The number of carbonyl (C=O) groups excluding carboxylic acids is 2. The number of amides is 1. The number of rotatable bonds is 2. The predicted molar refractivity (Wildman–Crippen MR) is 86.6 cm³/mol. The third-order valence-corrected chi connectivity index (χ3v) is 3.38. The Morgan fingerprint density at radius 2 is 1.24 bits per heavy atom. The van der Waals surface area contributed by atoms with Crippen LogP contribution < -0.4 is 0 Å². The molecule has 1 rings (SSSR count). The Labute approximate surface area is 154 Å².